The number of hydrogen-bond donors (Lipinski definition) is 1. The van der Waals surface area contributed by atoms with Crippen LogP contribution in [0.1, 0.15) is 29.7 Å². The van der Waals surface area contributed by atoms with Crippen LogP contribution in [-0.2, 0) is 10.0 Å². The molecule has 0 saturated heterocycles. The molecule has 0 heterocycles. The maximum atomic E-state index is 12.5. The van der Waals surface area contributed by atoms with Crippen molar-refractivity contribution in [3.8, 4) is 0 Å². The molecule has 2 rings (SSSR count). The third-order valence-electron chi connectivity index (χ3n) is 3.59. The fraction of sp³-hybridized carbons (Fsp3) is 0.294. The van der Waals surface area contributed by atoms with Gasteiger partial charge in [0.25, 0.3) is 0 Å². The number of nitrogens with one attached hydrogen (secondary N) is 1. The maximum Gasteiger partial charge on any atom is 0.241 e. The van der Waals surface area contributed by atoms with Crippen LogP contribution in [0.3, 0.4) is 0 Å². The standard InChI is InChI=1S/C17H21NO2S2/c1-12-5-10-17(13(2)11-12)14(3)18-22(19,20)16-8-6-15(21-4)7-9-16/h5-11,14,18H,1-4H3/t14-/m0/s1. The van der Waals surface area contributed by atoms with Crippen LogP contribution in [-0.4, -0.2) is 14.7 Å². The number of aryl methyl sites for hydroxylation is 2. The molecule has 0 aliphatic heterocycles. The lowest BCUT2D eigenvalue weighted by Gasteiger charge is -2.17. The fourth-order valence-electron chi connectivity index (χ4n) is 2.43. The van der Waals surface area contributed by atoms with E-state index in [-0.39, 0.29) is 6.04 Å². The SMILES string of the molecule is CSc1ccc(S(=O)(=O)N[C@@H](C)c2ccc(C)cc2C)cc1. The second-order valence-corrected chi connectivity index (χ2v) is 7.97. The average Bonchev–Trinajstić information content (AvgIpc) is 2.46. The molecule has 0 amide bonds. The summed E-state index contributed by atoms with van der Waals surface area (Å²) in [5.74, 6) is 0. The lowest BCUT2D eigenvalue weighted by Crippen LogP contribution is -2.27. The van der Waals surface area contributed by atoms with E-state index in [9.17, 15) is 8.42 Å². The molecule has 0 aromatic heterocycles. The molecule has 22 heavy (non-hydrogen) atoms. The first kappa shape index (κ1) is 17.1. The molecule has 0 unspecified atom stereocenters. The first-order valence-corrected chi connectivity index (χ1v) is 9.78. The molecule has 3 nitrogen and oxygen atoms in total. The van der Waals surface area contributed by atoms with Crippen LogP contribution in [0.5, 0.6) is 0 Å². The minimum Gasteiger partial charge on any atom is -0.207 e. The Morgan fingerprint density at radius 2 is 1.68 bits per heavy atom. The summed E-state index contributed by atoms with van der Waals surface area (Å²) in [7, 11) is -3.52. The Morgan fingerprint density at radius 1 is 1.05 bits per heavy atom. The van der Waals surface area contributed by atoms with Gasteiger partial charge in [-0.2, -0.15) is 0 Å². The van der Waals surface area contributed by atoms with Gasteiger partial charge >= 0.3 is 0 Å². The number of rotatable bonds is 5. The van der Waals surface area contributed by atoms with E-state index in [0.29, 0.717) is 4.90 Å². The van der Waals surface area contributed by atoms with E-state index in [1.165, 1.54) is 5.56 Å². The molecule has 0 aliphatic carbocycles. The fourth-order valence-corrected chi connectivity index (χ4v) is 4.06. The summed E-state index contributed by atoms with van der Waals surface area (Å²) in [6.45, 7) is 5.89. The molecule has 0 spiro atoms. The van der Waals surface area contributed by atoms with Crippen LogP contribution >= 0.6 is 11.8 Å². The Hall–Kier alpha value is -1.30. The number of thioether (sulfide) groups is 1. The van der Waals surface area contributed by atoms with Gasteiger partial charge < -0.3 is 0 Å². The summed E-state index contributed by atoms with van der Waals surface area (Å²) >= 11 is 1.59. The van der Waals surface area contributed by atoms with Crippen molar-refractivity contribution in [3.05, 3.63) is 59.2 Å². The van der Waals surface area contributed by atoms with Crippen LogP contribution in [0.25, 0.3) is 0 Å². The minimum absolute atomic E-state index is 0.272. The van der Waals surface area contributed by atoms with E-state index in [1.807, 2.05) is 51.3 Å². The van der Waals surface area contributed by atoms with E-state index < -0.39 is 10.0 Å². The first-order chi connectivity index (χ1) is 10.3. The lowest BCUT2D eigenvalue weighted by atomic mass is 10.0. The molecule has 0 fully saturated rings. The van der Waals surface area contributed by atoms with Gasteiger partial charge in [-0.25, -0.2) is 13.1 Å². The summed E-state index contributed by atoms with van der Waals surface area (Å²) in [4.78, 5) is 1.34. The molecule has 0 aliphatic rings. The van der Waals surface area contributed by atoms with Gasteiger partial charge in [0.2, 0.25) is 10.0 Å². The van der Waals surface area contributed by atoms with E-state index in [4.69, 9.17) is 0 Å². The molecule has 5 heteroatoms. The molecule has 118 valence electrons. The highest BCUT2D eigenvalue weighted by atomic mass is 32.2. The number of hydrogen-bond acceptors (Lipinski definition) is 3. The topological polar surface area (TPSA) is 46.2 Å². The summed E-state index contributed by atoms with van der Waals surface area (Å²) in [5, 5.41) is 0. The summed E-state index contributed by atoms with van der Waals surface area (Å²) in [6.07, 6.45) is 1.96. The van der Waals surface area contributed by atoms with Crippen molar-refractivity contribution < 1.29 is 8.42 Å². The third kappa shape index (κ3) is 3.91. The molecule has 2 aromatic rings. The van der Waals surface area contributed by atoms with E-state index in [2.05, 4.69) is 10.8 Å². The van der Waals surface area contributed by atoms with Crippen molar-refractivity contribution in [2.75, 3.05) is 6.26 Å². The molecule has 2 aromatic carbocycles. The Morgan fingerprint density at radius 3 is 2.23 bits per heavy atom. The van der Waals surface area contributed by atoms with Crippen molar-refractivity contribution in [2.24, 2.45) is 0 Å². The van der Waals surface area contributed by atoms with Crippen molar-refractivity contribution in [1.82, 2.24) is 4.72 Å². The molecule has 0 bridgehead atoms. The van der Waals surface area contributed by atoms with Crippen LogP contribution in [0.15, 0.2) is 52.3 Å². The van der Waals surface area contributed by atoms with Crippen LogP contribution in [0, 0.1) is 13.8 Å². The van der Waals surface area contributed by atoms with Gasteiger partial charge in [0.15, 0.2) is 0 Å². The summed E-state index contributed by atoms with van der Waals surface area (Å²) < 4.78 is 27.7. The Bertz CT molecular complexity index is 753. The number of benzene rings is 2. The van der Waals surface area contributed by atoms with Crippen molar-refractivity contribution in [3.63, 3.8) is 0 Å². The average molecular weight is 335 g/mol. The maximum absolute atomic E-state index is 12.5. The van der Waals surface area contributed by atoms with Gasteiger partial charge in [0.1, 0.15) is 0 Å². The highest BCUT2D eigenvalue weighted by molar-refractivity contribution is 7.98. The summed E-state index contributed by atoms with van der Waals surface area (Å²) in [5.41, 5.74) is 3.26. The Labute approximate surface area is 137 Å². The predicted molar refractivity (Wildman–Crippen MR) is 92.9 cm³/mol. The monoisotopic (exact) mass is 335 g/mol. The molecule has 1 atom stereocenters. The van der Waals surface area contributed by atoms with E-state index in [0.717, 1.165) is 16.0 Å². The van der Waals surface area contributed by atoms with Gasteiger partial charge in [-0.15, -0.1) is 11.8 Å². The zero-order valence-electron chi connectivity index (χ0n) is 13.3. The Kier molecular flexibility index (Phi) is 5.32. The van der Waals surface area contributed by atoms with Gasteiger partial charge in [-0.3, -0.25) is 0 Å². The Balaban J connectivity index is 2.23. The first-order valence-electron chi connectivity index (χ1n) is 7.07. The zero-order chi connectivity index (χ0) is 16.3. The molecule has 0 radical (unpaired) electrons. The minimum atomic E-state index is -3.52. The largest absolute Gasteiger partial charge is 0.241 e. The molecular weight excluding hydrogens is 314 g/mol. The number of sulfonamides is 1. The van der Waals surface area contributed by atoms with Crippen LogP contribution < -0.4 is 4.72 Å². The van der Waals surface area contributed by atoms with Gasteiger partial charge in [0.05, 0.1) is 4.90 Å². The highest BCUT2D eigenvalue weighted by Crippen LogP contribution is 2.22. The predicted octanol–water partition coefficient (Wildman–Crippen LogP) is 4.06. The zero-order valence-corrected chi connectivity index (χ0v) is 14.9. The molecule has 1 N–H and O–H groups in total. The second-order valence-electron chi connectivity index (χ2n) is 5.38. The van der Waals surface area contributed by atoms with E-state index in [1.54, 1.807) is 23.9 Å². The van der Waals surface area contributed by atoms with Crippen LogP contribution in [0.4, 0.5) is 0 Å². The van der Waals surface area contributed by atoms with Crippen molar-refractivity contribution in [1.29, 1.82) is 0 Å². The van der Waals surface area contributed by atoms with Gasteiger partial charge in [0, 0.05) is 10.9 Å². The van der Waals surface area contributed by atoms with Crippen molar-refractivity contribution in [2.45, 2.75) is 36.6 Å². The van der Waals surface area contributed by atoms with Crippen molar-refractivity contribution >= 4 is 21.8 Å². The van der Waals surface area contributed by atoms with Crippen LogP contribution in [0.2, 0.25) is 0 Å². The summed E-state index contributed by atoms with van der Waals surface area (Å²) in [6, 6.07) is 12.7. The van der Waals surface area contributed by atoms with Gasteiger partial charge in [-0.1, -0.05) is 23.8 Å². The van der Waals surface area contributed by atoms with E-state index >= 15 is 0 Å². The second kappa shape index (κ2) is 6.86. The van der Waals surface area contributed by atoms with Gasteiger partial charge in [-0.05, 0) is 62.4 Å². The smallest absolute Gasteiger partial charge is 0.207 e. The highest BCUT2D eigenvalue weighted by Gasteiger charge is 2.19. The lowest BCUT2D eigenvalue weighted by molar-refractivity contribution is 0.566. The normalized spacial score (nSPS) is 13.1. The molecular formula is C17H21NO2S2. The third-order valence-corrected chi connectivity index (χ3v) is 5.89. The quantitative estimate of drug-likeness (QED) is 0.838. The molecule has 0 saturated carbocycles.